The molecule has 2 aromatic carbocycles. The van der Waals surface area contributed by atoms with E-state index in [1.54, 1.807) is 0 Å². The minimum atomic E-state index is -1.79. The predicted molar refractivity (Wildman–Crippen MR) is 127 cm³/mol. The van der Waals surface area contributed by atoms with E-state index in [-0.39, 0.29) is 13.2 Å². The van der Waals surface area contributed by atoms with Crippen LogP contribution in [-0.4, -0.2) is 61.0 Å². The zero-order valence-corrected chi connectivity index (χ0v) is 21.0. The first kappa shape index (κ1) is 26.4. The van der Waals surface area contributed by atoms with Gasteiger partial charge in [0.25, 0.3) is 0 Å². The lowest BCUT2D eigenvalue weighted by atomic mass is 9.97. The standard InChI is InChI=1S/C24H25Cl3O8/c1-29-22-20(30-12-15-8-4-2-5-9-15)19(35-23(28)32-14-24(25,26)27)18-17(33-22)13-31-21(34-18)16-10-6-3-7-11-16/h2-11,17-22H,12-14H2,1H3/t17-,18-,19+,20-,21?,22+/m1/s1. The third-order valence-corrected chi connectivity index (χ3v) is 5.79. The lowest BCUT2D eigenvalue weighted by molar-refractivity contribution is -0.363. The average molecular weight is 548 g/mol. The van der Waals surface area contributed by atoms with Gasteiger partial charge in [-0.15, -0.1) is 0 Å². The van der Waals surface area contributed by atoms with Gasteiger partial charge >= 0.3 is 6.16 Å². The fourth-order valence-corrected chi connectivity index (χ4v) is 4.04. The quantitative estimate of drug-likeness (QED) is 0.356. The summed E-state index contributed by atoms with van der Waals surface area (Å²) in [4.78, 5) is 12.6. The molecule has 0 saturated carbocycles. The molecule has 2 saturated heterocycles. The maximum atomic E-state index is 12.6. The topological polar surface area (TPSA) is 81.7 Å². The molecule has 0 radical (unpaired) electrons. The highest BCUT2D eigenvalue weighted by Crippen LogP contribution is 2.37. The van der Waals surface area contributed by atoms with Crippen LogP contribution in [0.25, 0.3) is 0 Å². The van der Waals surface area contributed by atoms with Crippen LogP contribution in [0, 0.1) is 0 Å². The van der Waals surface area contributed by atoms with E-state index < -0.39 is 53.6 Å². The lowest BCUT2D eigenvalue weighted by Crippen LogP contribution is -2.63. The fraction of sp³-hybridized carbons (Fsp3) is 0.458. The van der Waals surface area contributed by atoms with Gasteiger partial charge in [0.1, 0.15) is 24.9 Å². The Morgan fingerprint density at radius 1 is 1.00 bits per heavy atom. The third-order valence-electron chi connectivity index (χ3n) is 5.46. The molecule has 2 aliphatic rings. The summed E-state index contributed by atoms with van der Waals surface area (Å²) >= 11 is 17.1. The van der Waals surface area contributed by atoms with Gasteiger partial charge in [0.05, 0.1) is 13.2 Å². The third kappa shape index (κ3) is 7.21. The van der Waals surface area contributed by atoms with Crippen molar-refractivity contribution in [1.29, 1.82) is 0 Å². The molecule has 0 aromatic heterocycles. The van der Waals surface area contributed by atoms with Gasteiger partial charge in [0, 0.05) is 12.7 Å². The van der Waals surface area contributed by atoms with E-state index in [0.29, 0.717) is 0 Å². The van der Waals surface area contributed by atoms with Crippen LogP contribution in [0.4, 0.5) is 4.79 Å². The van der Waals surface area contributed by atoms with Crippen molar-refractivity contribution in [3.63, 3.8) is 0 Å². The first-order valence-electron chi connectivity index (χ1n) is 10.9. The van der Waals surface area contributed by atoms with Gasteiger partial charge in [0.2, 0.25) is 3.79 Å². The summed E-state index contributed by atoms with van der Waals surface area (Å²) in [6.07, 6.45) is -5.78. The second-order valence-electron chi connectivity index (χ2n) is 7.95. The molecule has 0 amide bonds. The number of ether oxygens (including phenoxy) is 7. The molecule has 2 aliphatic heterocycles. The molecule has 11 heteroatoms. The van der Waals surface area contributed by atoms with Crippen molar-refractivity contribution >= 4 is 41.0 Å². The molecule has 2 heterocycles. The van der Waals surface area contributed by atoms with Crippen LogP contribution in [-0.2, 0) is 39.8 Å². The van der Waals surface area contributed by atoms with Crippen molar-refractivity contribution in [2.75, 3.05) is 20.3 Å². The number of methoxy groups -OCH3 is 1. The first-order valence-corrected chi connectivity index (χ1v) is 12.0. The Balaban J connectivity index is 1.56. The van der Waals surface area contributed by atoms with E-state index in [1.165, 1.54) is 7.11 Å². The van der Waals surface area contributed by atoms with Crippen LogP contribution >= 0.6 is 34.8 Å². The van der Waals surface area contributed by atoms with Crippen molar-refractivity contribution in [3.8, 4) is 0 Å². The summed E-state index contributed by atoms with van der Waals surface area (Å²) < 4.78 is 38.7. The fourth-order valence-electron chi connectivity index (χ4n) is 3.88. The second kappa shape index (κ2) is 12.1. The minimum absolute atomic E-state index is 0.179. The largest absolute Gasteiger partial charge is 0.508 e. The molecule has 6 atom stereocenters. The summed E-state index contributed by atoms with van der Waals surface area (Å²) in [6.45, 7) is -0.0972. The highest BCUT2D eigenvalue weighted by molar-refractivity contribution is 6.67. The average Bonchev–Trinajstić information content (AvgIpc) is 2.87. The van der Waals surface area contributed by atoms with Crippen molar-refractivity contribution in [3.05, 3.63) is 71.8 Å². The number of alkyl halides is 3. The number of hydrogen-bond acceptors (Lipinski definition) is 8. The van der Waals surface area contributed by atoms with Crippen molar-refractivity contribution < 1.29 is 38.0 Å². The van der Waals surface area contributed by atoms with Crippen LogP contribution in [0.2, 0.25) is 0 Å². The maximum absolute atomic E-state index is 12.6. The van der Waals surface area contributed by atoms with Crippen molar-refractivity contribution in [2.24, 2.45) is 0 Å². The zero-order chi connectivity index (χ0) is 24.8. The molecule has 35 heavy (non-hydrogen) atoms. The van der Waals surface area contributed by atoms with Gasteiger partial charge < -0.3 is 33.2 Å². The highest BCUT2D eigenvalue weighted by atomic mass is 35.6. The smallest absolute Gasteiger partial charge is 0.430 e. The van der Waals surface area contributed by atoms with Crippen LogP contribution in [0.5, 0.6) is 0 Å². The molecule has 8 nitrogen and oxygen atoms in total. The molecule has 0 bridgehead atoms. The number of benzene rings is 2. The van der Waals surface area contributed by atoms with Gasteiger partial charge in [-0.25, -0.2) is 4.79 Å². The van der Waals surface area contributed by atoms with Crippen LogP contribution in [0.1, 0.15) is 17.4 Å². The molecule has 2 aromatic rings. The molecule has 0 N–H and O–H groups in total. The molecule has 1 unspecified atom stereocenters. The first-order chi connectivity index (χ1) is 16.8. The van der Waals surface area contributed by atoms with Crippen LogP contribution < -0.4 is 0 Å². The van der Waals surface area contributed by atoms with E-state index in [0.717, 1.165) is 11.1 Å². The zero-order valence-electron chi connectivity index (χ0n) is 18.8. The summed E-state index contributed by atoms with van der Waals surface area (Å²) in [5, 5.41) is 0. The summed E-state index contributed by atoms with van der Waals surface area (Å²) in [7, 11) is 1.47. The summed E-state index contributed by atoms with van der Waals surface area (Å²) in [5.41, 5.74) is 1.72. The SMILES string of the molecule is CO[C@H]1O[C@@H]2COC(c3ccccc3)O[C@H]2[C@H](OC(=O)OCC(Cl)(Cl)Cl)[C@H]1OCc1ccccc1. The normalized spacial score (nSPS) is 28.7. The summed E-state index contributed by atoms with van der Waals surface area (Å²) in [5.74, 6) is 0. The van der Waals surface area contributed by atoms with Gasteiger partial charge in [0.15, 0.2) is 18.7 Å². The van der Waals surface area contributed by atoms with Crippen LogP contribution in [0.15, 0.2) is 60.7 Å². The Labute approximate surface area is 218 Å². The number of carbonyl (C=O) groups is 1. The Kier molecular flexibility index (Phi) is 9.13. The molecule has 190 valence electrons. The highest BCUT2D eigenvalue weighted by Gasteiger charge is 2.53. The molecule has 0 aliphatic carbocycles. The number of rotatable bonds is 7. The van der Waals surface area contributed by atoms with Crippen molar-refractivity contribution in [2.45, 2.75) is 47.4 Å². The molecule has 4 rings (SSSR count). The predicted octanol–water partition coefficient (Wildman–Crippen LogP) is 4.95. The Hall–Kier alpha value is -1.62. The Morgan fingerprint density at radius 3 is 2.34 bits per heavy atom. The van der Waals surface area contributed by atoms with Gasteiger partial charge in [-0.3, -0.25) is 0 Å². The van der Waals surface area contributed by atoms with E-state index in [9.17, 15) is 4.79 Å². The number of halogens is 3. The second-order valence-corrected chi connectivity index (χ2v) is 10.5. The molecule has 0 spiro atoms. The minimum Gasteiger partial charge on any atom is -0.430 e. The van der Waals surface area contributed by atoms with Gasteiger partial charge in [-0.2, -0.15) is 0 Å². The Morgan fingerprint density at radius 2 is 1.69 bits per heavy atom. The molecular formula is C24H25Cl3O8. The van der Waals surface area contributed by atoms with Gasteiger partial charge in [-0.05, 0) is 5.56 Å². The van der Waals surface area contributed by atoms with E-state index >= 15 is 0 Å². The number of fused-ring (bicyclic) bond motifs is 1. The molecular weight excluding hydrogens is 523 g/mol. The van der Waals surface area contributed by atoms with E-state index in [2.05, 4.69) is 0 Å². The van der Waals surface area contributed by atoms with Gasteiger partial charge in [-0.1, -0.05) is 95.5 Å². The summed E-state index contributed by atoms with van der Waals surface area (Å²) in [6, 6.07) is 18.9. The Bertz CT molecular complexity index is 937. The van der Waals surface area contributed by atoms with E-state index in [4.69, 9.17) is 68.0 Å². The number of carbonyl (C=O) groups excluding carboxylic acids is 1. The maximum Gasteiger partial charge on any atom is 0.508 e. The van der Waals surface area contributed by atoms with Crippen molar-refractivity contribution in [1.82, 2.24) is 0 Å². The number of hydrogen-bond donors (Lipinski definition) is 0. The molecule has 2 fully saturated rings. The lowest BCUT2D eigenvalue weighted by Gasteiger charge is -2.48. The monoisotopic (exact) mass is 546 g/mol. The van der Waals surface area contributed by atoms with E-state index in [1.807, 2.05) is 60.7 Å². The van der Waals surface area contributed by atoms with Crippen LogP contribution in [0.3, 0.4) is 0 Å².